The number of hydrogen-bond donors (Lipinski definition) is 4. The molecule has 0 aromatic carbocycles. The molecule has 2 unspecified atom stereocenters. The second-order valence-electron chi connectivity index (χ2n) is 3.62. The molecule has 0 radical (unpaired) electrons. The molecule has 4 N–H and O–H groups in total. The van der Waals surface area contributed by atoms with Crippen LogP contribution in [0.2, 0.25) is 0 Å². The quantitative estimate of drug-likeness (QED) is 0.418. The lowest BCUT2D eigenvalue weighted by Gasteiger charge is -2.18. The van der Waals surface area contributed by atoms with E-state index in [4.69, 9.17) is 20.4 Å². The van der Waals surface area contributed by atoms with Crippen molar-refractivity contribution in [3.63, 3.8) is 0 Å². The monoisotopic (exact) mass is 192 g/mol. The highest BCUT2D eigenvalue weighted by Crippen LogP contribution is 2.18. The van der Waals surface area contributed by atoms with Gasteiger partial charge in [-0.2, -0.15) is 0 Å². The van der Waals surface area contributed by atoms with E-state index in [2.05, 4.69) is 0 Å². The molecule has 0 amide bonds. The molecule has 0 aliphatic carbocycles. The predicted molar refractivity (Wildman–Crippen MR) is 48.9 cm³/mol. The maximum atomic E-state index is 8.90. The van der Waals surface area contributed by atoms with Crippen molar-refractivity contribution in [3.8, 4) is 0 Å². The van der Waals surface area contributed by atoms with Gasteiger partial charge in [0, 0.05) is 19.6 Å². The third-order valence-corrected chi connectivity index (χ3v) is 2.14. The van der Waals surface area contributed by atoms with Crippen LogP contribution in [0, 0.1) is 11.8 Å². The minimum absolute atomic E-state index is 0.0480. The maximum absolute atomic E-state index is 8.90. The Labute approximate surface area is 78.8 Å². The van der Waals surface area contributed by atoms with Gasteiger partial charge in [-0.05, 0) is 24.7 Å². The number of rotatable bonds is 7. The van der Waals surface area contributed by atoms with Crippen molar-refractivity contribution in [1.82, 2.24) is 0 Å². The van der Waals surface area contributed by atoms with E-state index in [9.17, 15) is 0 Å². The summed E-state index contributed by atoms with van der Waals surface area (Å²) < 4.78 is 0. The lowest BCUT2D eigenvalue weighted by atomic mass is 9.92. The summed E-state index contributed by atoms with van der Waals surface area (Å²) in [6.07, 6.45) is 0.336. The fourth-order valence-electron chi connectivity index (χ4n) is 1.49. The van der Waals surface area contributed by atoms with Gasteiger partial charge in [0.15, 0.2) is 6.29 Å². The highest BCUT2D eigenvalue weighted by molar-refractivity contribution is 4.63. The zero-order chi connectivity index (χ0) is 10.3. The van der Waals surface area contributed by atoms with Gasteiger partial charge in [-0.3, -0.25) is 0 Å². The van der Waals surface area contributed by atoms with Crippen LogP contribution < -0.4 is 0 Å². The Bertz CT molecular complexity index is 116. The van der Waals surface area contributed by atoms with E-state index in [1.165, 1.54) is 0 Å². The molecule has 0 fully saturated rings. The molecular weight excluding hydrogens is 172 g/mol. The summed E-state index contributed by atoms with van der Waals surface area (Å²) in [7, 11) is 0. The van der Waals surface area contributed by atoms with Crippen molar-refractivity contribution < 1.29 is 20.4 Å². The zero-order valence-corrected chi connectivity index (χ0v) is 8.06. The van der Waals surface area contributed by atoms with Gasteiger partial charge in [0.25, 0.3) is 0 Å². The topological polar surface area (TPSA) is 80.9 Å². The minimum atomic E-state index is -1.27. The summed E-state index contributed by atoms with van der Waals surface area (Å²) in [5.41, 5.74) is 0. The number of aliphatic hydroxyl groups is 4. The minimum Gasteiger partial charge on any atom is -0.396 e. The molecule has 0 rings (SSSR count). The van der Waals surface area contributed by atoms with Crippen LogP contribution >= 0.6 is 0 Å². The first-order chi connectivity index (χ1) is 6.10. The first kappa shape index (κ1) is 12.8. The summed E-state index contributed by atoms with van der Waals surface area (Å²) in [5.74, 6) is 0.224. The molecule has 0 bridgehead atoms. The molecule has 4 heteroatoms. The second kappa shape index (κ2) is 7.26. The van der Waals surface area contributed by atoms with Crippen LogP contribution in [0.5, 0.6) is 0 Å². The molecule has 0 spiro atoms. The highest BCUT2D eigenvalue weighted by Gasteiger charge is 2.14. The van der Waals surface area contributed by atoms with Gasteiger partial charge in [-0.15, -0.1) is 0 Å². The Morgan fingerprint density at radius 3 is 2.08 bits per heavy atom. The van der Waals surface area contributed by atoms with Crippen LogP contribution in [0.3, 0.4) is 0 Å². The molecule has 0 aliphatic rings. The summed E-state index contributed by atoms with van der Waals surface area (Å²) in [6.45, 7) is 2.02. The van der Waals surface area contributed by atoms with Gasteiger partial charge in [0.05, 0.1) is 0 Å². The molecule has 0 aromatic heterocycles. The Balaban J connectivity index is 3.65. The van der Waals surface area contributed by atoms with Crippen molar-refractivity contribution in [2.45, 2.75) is 32.5 Å². The second-order valence-corrected chi connectivity index (χ2v) is 3.62. The first-order valence-corrected chi connectivity index (χ1v) is 4.68. The fraction of sp³-hybridized carbons (Fsp3) is 1.00. The van der Waals surface area contributed by atoms with E-state index in [0.717, 1.165) is 0 Å². The standard InChI is InChI=1S/C9H20O4/c1-7(5-9(12)13)4-8(6-11)2-3-10/h7-13H,2-6H2,1H3. The molecule has 0 aromatic rings. The van der Waals surface area contributed by atoms with Crippen molar-refractivity contribution in [1.29, 1.82) is 0 Å². The molecular formula is C9H20O4. The summed E-state index contributed by atoms with van der Waals surface area (Å²) in [6, 6.07) is 0. The van der Waals surface area contributed by atoms with Crippen LogP contribution in [0.4, 0.5) is 0 Å². The van der Waals surface area contributed by atoms with Gasteiger partial charge in [0.2, 0.25) is 0 Å². The zero-order valence-electron chi connectivity index (χ0n) is 8.06. The lowest BCUT2D eigenvalue weighted by Crippen LogP contribution is -2.16. The van der Waals surface area contributed by atoms with E-state index >= 15 is 0 Å². The largest absolute Gasteiger partial charge is 0.396 e. The summed E-state index contributed by atoms with van der Waals surface area (Å²) in [5, 5.41) is 34.9. The fourth-order valence-corrected chi connectivity index (χ4v) is 1.49. The van der Waals surface area contributed by atoms with E-state index in [-0.39, 0.29) is 25.0 Å². The van der Waals surface area contributed by atoms with Gasteiger partial charge in [-0.25, -0.2) is 0 Å². The molecule has 0 aliphatic heterocycles. The van der Waals surface area contributed by atoms with Crippen molar-refractivity contribution in [2.75, 3.05) is 13.2 Å². The third-order valence-electron chi connectivity index (χ3n) is 2.14. The molecule has 80 valence electrons. The van der Waals surface area contributed by atoms with Crippen molar-refractivity contribution in [3.05, 3.63) is 0 Å². The average molecular weight is 192 g/mol. The highest BCUT2D eigenvalue weighted by atomic mass is 16.5. The predicted octanol–water partition coefficient (Wildman–Crippen LogP) is -0.296. The van der Waals surface area contributed by atoms with Crippen LogP contribution in [0.25, 0.3) is 0 Å². The van der Waals surface area contributed by atoms with Crippen LogP contribution in [0.15, 0.2) is 0 Å². The lowest BCUT2D eigenvalue weighted by molar-refractivity contribution is -0.0568. The Hall–Kier alpha value is -0.160. The van der Waals surface area contributed by atoms with E-state index in [1.54, 1.807) is 0 Å². The van der Waals surface area contributed by atoms with Crippen molar-refractivity contribution in [2.24, 2.45) is 11.8 Å². The number of aliphatic hydroxyl groups excluding tert-OH is 3. The smallest absolute Gasteiger partial charge is 0.151 e. The molecule has 0 saturated heterocycles. The van der Waals surface area contributed by atoms with Gasteiger partial charge in [-0.1, -0.05) is 6.92 Å². The molecule has 0 heterocycles. The molecule has 4 nitrogen and oxygen atoms in total. The van der Waals surface area contributed by atoms with Gasteiger partial charge < -0.3 is 20.4 Å². The average Bonchev–Trinajstić information content (AvgIpc) is 2.02. The summed E-state index contributed by atoms with van der Waals surface area (Å²) >= 11 is 0. The Kier molecular flexibility index (Phi) is 7.17. The normalized spacial score (nSPS) is 16.2. The SMILES string of the molecule is CC(CC(O)O)CC(CO)CCO. The van der Waals surface area contributed by atoms with Gasteiger partial charge in [0.1, 0.15) is 0 Å². The van der Waals surface area contributed by atoms with Crippen LogP contribution in [0.1, 0.15) is 26.2 Å². The molecule has 0 saturated carbocycles. The van der Waals surface area contributed by atoms with Crippen LogP contribution in [-0.2, 0) is 0 Å². The summed E-state index contributed by atoms with van der Waals surface area (Å²) in [4.78, 5) is 0. The van der Waals surface area contributed by atoms with Crippen molar-refractivity contribution >= 4 is 0 Å². The Morgan fingerprint density at radius 1 is 1.08 bits per heavy atom. The first-order valence-electron chi connectivity index (χ1n) is 4.68. The van der Waals surface area contributed by atoms with Gasteiger partial charge >= 0.3 is 0 Å². The number of hydrogen-bond acceptors (Lipinski definition) is 4. The van der Waals surface area contributed by atoms with E-state index in [1.807, 2.05) is 6.92 Å². The van der Waals surface area contributed by atoms with E-state index < -0.39 is 6.29 Å². The van der Waals surface area contributed by atoms with Crippen LogP contribution in [-0.4, -0.2) is 39.9 Å². The van der Waals surface area contributed by atoms with E-state index in [0.29, 0.717) is 19.3 Å². The maximum Gasteiger partial charge on any atom is 0.151 e. The third kappa shape index (κ3) is 6.95. The Morgan fingerprint density at radius 2 is 1.69 bits per heavy atom. The molecule has 2 atom stereocenters. The molecule has 13 heavy (non-hydrogen) atoms.